The van der Waals surface area contributed by atoms with Crippen molar-refractivity contribution in [1.82, 2.24) is 5.06 Å². The van der Waals surface area contributed by atoms with Crippen LogP contribution in [-0.2, 0) is 24.0 Å². The van der Waals surface area contributed by atoms with Crippen molar-refractivity contribution in [3.63, 3.8) is 0 Å². The van der Waals surface area contributed by atoms with Crippen molar-refractivity contribution in [3.05, 3.63) is 20.2 Å². The molecule has 1 saturated heterocycles. The van der Waals surface area contributed by atoms with Crippen molar-refractivity contribution < 1.29 is 34.2 Å². The van der Waals surface area contributed by atoms with E-state index in [1.54, 1.807) is 5.06 Å². The monoisotopic (exact) mass is 379 g/mol. The van der Waals surface area contributed by atoms with E-state index in [-0.39, 0.29) is 12.7 Å². The van der Waals surface area contributed by atoms with Gasteiger partial charge < -0.3 is 19.2 Å². The predicted octanol–water partition coefficient (Wildman–Crippen LogP) is 1.29. The minimum absolute atomic E-state index is 0.251. The molecule has 0 amide bonds. The molecule has 1 aliphatic rings. The summed E-state index contributed by atoms with van der Waals surface area (Å²) in [5.74, 6) is -0.429. The Bertz CT molecular complexity index is 520. The van der Waals surface area contributed by atoms with Gasteiger partial charge in [0.25, 0.3) is 10.2 Å². The van der Waals surface area contributed by atoms with Crippen LogP contribution in [0.4, 0.5) is 0 Å². The molecule has 0 aromatic carbocycles. The molecule has 1 rings (SSSR count). The van der Waals surface area contributed by atoms with Gasteiger partial charge in [-0.05, 0) is 40.5 Å². The number of hydrogen-bond donors (Lipinski definition) is 0. The molecule has 1 fully saturated rings. The number of carbonyl (C=O) groups is 1. The second kappa shape index (κ2) is 8.45. The second-order valence-electron chi connectivity index (χ2n) is 7.34. The summed E-state index contributed by atoms with van der Waals surface area (Å²) < 4.78 is 5.70. The Morgan fingerprint density at radius 2 is 1.65 bits per heavy atom. The first-order chi connectivity index (χ1) is 11.8. The molecule has 1 heterocycles. The molecular formula is C14H25N3O9. The van der Waals surface area contributed by atoms with Gasteiger partial charge in [-0.1, -0.05) is 0 Å². The highest BCUT2D eigenvalue weighted by molar-refractivity contribution is 5.65. The number of hydrogen-bond acceptors (Lipinski definition) is 10. The fourth-order valence-corrected chi connectivity index (χ4v) is 3.28. The Balaban J connectivity index is 2.73. The van der Waals surface area contributed by atoms with E-state index < -0.39 is 39.9 Å². The van der Waals surface area contributed by atoms with Crippen LogP contribution in [0.1, 0.15) is 47.5 Å². The SMILES string of the molecule is CC(=O)ON1C(C)(C)CC(OCC(CO[N+](=O)[O-])O[N+](=O)[O-])CC1(C)C. The van der Waals surface area contributed by atoms with E-state index in [9.17, 15) is 25.0 Å². The second-order valence-corrected chi connectivity index (χ2v) is 7.34. The van der Waals surface area contributed by atoms with Gasteiger partial charge in [-0.2, -0.15) is 0 Å². The minimum atomic E-state index is -1.23. The van der Waals surface area contributed by atoms with Gasteiger partial charge >= 0.3 is 5.97 Å². The molecule has 1 atom stereocenters. The highest BCUT2D eigenvalue weighted by atomic mass is 17.0. The van der Waals surface area contributed by atoms with E-state index >= 15 is 0 Å². The van der Waals surface area contributed by atoms with Gasteiger partial charge in [0, 0.05) is 6.92 Å². The van der Waals surface area contributed by atoms with E-state index in [0.29, 0.717) is 12.8 Å². The lowest BCUT2D eigenvalue weighted by molar-refractivity contribution is -0.790. The molecule has 150 valence electrons. The predicted molar refractivity (Wildman–Crippen MR) is 85.6 cm³/mol. The van der Waals surface area contributed by atoms with Gasteiger partial charge in [0.15, 0.2) is 6.10 Å². The van der Waals surface area contributed by atoms with Crippen LogP contribution in [0.25, 0.3) is 0 Å². The molecule has 0 spiro atoms. The van der Waals surface area contributed by atoms with Crippen LogP contribution in [0, 0.1) is 20.2 Å². The molecule has 0 aliphatic carbocycles. The molecule has 1 aliphatic heterocycles. The highest BCUT2D eigenvalue weighted by Gasteiger charge is 2.48. The molecule has 0 saturated carbocycles. The summed E-state index contributed by atoms with van der Waals surface area (Å²) in [5.41, 5.74) is -1.09. The topological polar surface area (TPSA) is 144 Å². The Morgan fingerprint density at radius 1 is 1.12 bits per heavy atom. The molecule has 0 bridgehead atoms. The third-order valence-corrected chi connectivity index (χ3v) is 3.89. The summed E-state index contributed by atoms with van der Waals surface area (Å²) in [6, 6.07) is 0. The van der Waals surface area contributed by atoms with Crippen LogP contribution in [0.2, 0.25) is 0 Å². The van der Waals surface area contributed by atoms with Gasteiger partial charge in [0.05, 0.1) is 23.8 Å². The zero-order valence-electron chi connectivity index (χ0n) is 15.5. The maximum atomic E-state index is 11.4. The Hall–Kier alpha value is -2.21. The average Bonchev–Trinajstić information content (AvgIpc) is 2.44. The van der Waals surface area contributed by atoms with E-state index in [1.807, 2.05) is 27.7 Å². The maximum Gasteiger partial charge on any atom is 0.322 e. The number of ether oxygens (including phenoxy) is 1. The first-order valence-corrected chi connectivity index (χ1v) is 8.02. The van der Waals surface area contributed by atoms with Gasteiger partial charge in [-0.25, -0.2) is 0 Å². The summed E-state index contributed by atoms with van der Waals surface area (Å²) in [7, 11) is 0. The average molecular weight is 379 g/mol. The maximum absolute atomic E-state index is 11.4. The molecular weight excluding hydrogens is 354 g/mol. The van der Waals surface area contributed by atoms with Crippen molar-refractivity contribution in [2.75, 3.05) is 13.2 Å². The molecule has 0 aromatic rings. The van der Waals surface area contributed by atoms with Gasteiger partial charge in [-0.15, -0.1) is 25.3 Å². The van der Waals surface area contributed by atoms with E-state index in [4.69, 9.17) is 9.57 Å². The number of hydroxylamine groups is 2. The zero-order valence-corrected chi connectivity index (χ0v) is 15.5. The van der Waals surface area contributed by atoms with Crippen molar-refractivity contribution in [2.45, 2.75) is 70.7 Å². The summed E-state index contributed by atoms with van der Waals surface area (Å²) >= 11 is 0. The molecule has 12 nitrogen and oxygen atoms in total. The smallest absolute Gasteiger partial charge is 0.322 e. The Morgan fingerprint density at radius 3 is 2.08 bits per heavy atom. The van der Waals surface area contributed by atoms with Crippen LogP contribution < -0.4 is 0 Å². The third-order valence-electron chi connectivity index (χ3n) is 3.89. The fourth-order valence-electron chi connectivity index (χ4n) is 3.28. The quantitative estimate of drug-likeness (QED) is 0.424. The van der Waals surface area contributed by atoms with Gasteiger partial charge in [0.2, 0.25) is 0 Å². The fraction of sp³-hybridized carbons (Fsp3) is 0.929. The van der Waals surface area contributed by atoms with E-state index in [2.05, 4.69) is 9.68 Å². The number of rotatable bonds is 9. The third kappa shape index (κ3) is 6.59. The first-order valence-electron chi connectivity index (χ1n) is 8.02. The Kier molecular flexibility index (Phi) is 7.09. The summed E-state index contributed by atoms with van der Waals surface area (Å²) in [6.45, 7) is 7.99. The lowest BCUT2D eigenvalue weighted by Crippen LogP contribution is -2.62. The standard InChI is InChI=1S/C14H25N3O9/c1-10(18)25-15-13(2,3)6-11(7-14(15,4)5)23-8-12(26-17(21)22)9-24-16(19)20/h11-12H,6-9H2,1-5H3. The number of carbonyl (C=O) groups excluding carboxylic acids is 1. The Labute approximate surface area is 150 Å². The van der Waals surface area contributed by atoms with Crippen LogP contribution in [0.15, 0.2) is 0 Å². The van der Waals surface area contributed by atoms with Gasteiger partial charge in [0.1, 0.15) is 6.61 Å². The summed E-state index contributed by atoms with van der Waals surface area (Å²) in [5, 5.41) is 20.3. The number of nitrogens with zero attached hydrogens (tertiary/aromatic N) is 3. The molecule has 1 unspecified atom stereocenters. The highest BCUT2D eigenvalue weighted by Crippen LogP contribution is 2.39. The van der Waals surface area contributed by atoms with Crippen LogP contribution in [0.5, 0.6) is 0 Å². The molecule has 0 aromatic heterocycles. The van der Waals surface area contributed by atoms with Gasteiger partial charge in [-0.3, -0.25) is 4.79 Å². The lowest BCUT2D eigenvalue weighted by atomic mass is 9.80. The van der Waals surface area contributed by atoms with E-state index in [0.717, 1.165) is 0 Å². The van der Waals surface area contributed by atoms with Crippen molar-refractivity contribution in [2.24, 2.45) is 0 Å². The summed E-state index contributed by atoms with van der Waals surface area (Å²) in [4.78, 5) is 46.0. The summed E-state index contributed by atoms with van der Waals surface area (Å²) in [6.07, 6.45) is -0.593. The largest absolute Gasteiger partial charge is 0.376 e. The van der Waals surface area contributed by atoms with Crippen molar-refractivity contribution in [3.8, 4) is 0 Å². The molecule has 26 heavy (non-hydrogen) atoms. The van der Waals surface area contributed by atoms with Crippen LogP contribution >= 0.6 is 0 Å². The van der Waals surface area contributed by atoms with Crippen LogP contribution in [0.3, 0.4) is 0 Å². The first kappa shape index (κ1) is 21.8. The minimum Gasteiger partial charge on any atom is -0.376 e. The molecule has 12 heteroatoms. The molecule has 0 N–H and O–H groups in total. The van der Waals surface area contributed by atoms with Crippen molar-refractivity contribution in [1.29, 1.82) is 0 Å². The lowest BCUT2D eigenvalue weighted by Gasteiger charge is -2.52. The normalized spacial score (nSPS) is 20.8. The molecule has 0 radical (unpaired) electrons. The van der Waals surface area contributed by atoms with E-state index in [1.165, 1.54) is 6.92 Å². The zero-order chi connectivity index (χ0) is 20.1. The van der Waals surface area contributed by atoms with Crippen LogP contribution in [-0.4, -0.2) is 57.7 Å². The number of piperidine rings is 1. The van der Waals surface area contributed by atoms with Crippen molar-refractivity contribution >= 4 is 5.97 Å².